The van der Waals surface area contributed by atoms with Gasteiger partial charge in [0.25, 0.3) is 0 Å². The Kier molecular flexibility index (Phi) is 14.9. The molecule has 0 spiro atoms. The number of fused-ring (bicyclic) bond motifs is 8. The monoisotopic (exact) mass is 982 g/mol. The van der Waals surface area contributed by atoms with Gasteiger partial charge in [0.2, 0.25) is 0 Å². The van der Waals surface area contributed by atoms with Gasteiger partial charge in [-0.1, -0.05) is 199 Å². The van der Waals surface area contributed by atoms with Crippen LogP contribution in [-0.2, 0) is 0 Å². The Morgan fingerprint density at radius 2 is 0.486 bits per heavy atom. The SMILES string of the molecule is CCCCCCCCSc1c2cc3ccccc3cc2c(Sc2ccc(Sc3c4cc5ccccc5cc4c(SCCCCCCCC)c4cc5ccccc5cc34)cc2)c2cc3ccccc3cc12. The van der Waals surface area contributed by atoms with E-state index >= 15 is 0 Å². The van der Waals surface area contributed by atoms with E-state index in [-0.39, 0.29) is 0 Å². The summed E-state index contributed by atoms with van der Waals surface area (Å²) in [5.74, 6) is 2.28. The maximum Gasteiger partial charge on any atom is 0.0280 e. The Labute approximate surface area is 431 Å². The Balaban J connectivity index is 0.988. The van der Waals surface area contributed by atoms with Crippen molar-refractivity contribution in [2.24, 2.45) is 0 Å². The number of hydrogen-bond acceptors (Lipinski definition) is 4. The van der Waals surface area contributed by atoms with Crippen molar-refractivity contribution >= 4 is 133 Å². The molecule has 0 aliphatic heterocycles. The van der Waals surface area contributed by atoms with Gasteiger partial charge in [-0.05, 0) is 183 Å². The van der Waals surface area contributed by atoms with Crippen molar-refractivity contribution in [3.05, 3.63) is 170 Å². The topological polar surface area (TPSA) is 0 Å². The molecule has 0 unspecified atom stereocenters. The second kappa shape index (κ2) is 22.1. The van der Waals surface area contributed by atoms with Crippen LogP contribution in [0, 0.1) is 0 Å². The van der Waals surface area contributed by atoms with Gasteiger partial charge in [-0.15, -0.1) is 23.5 Å². The Morgan fingerprint density at radius 1 is 0.257 bits per heavy atom. The fourth-order valence-corrected chi connectivity index (χ4v) is 15.0. The van der Waals surface area contributed by atoms with Gasteiger partial charge in [-0.25, -0.2) is 0 Å². The third-order valence-corrected chi connectivity index (χ3v) is 19.0. The molecule has 0 radical (unpaired) electrons. The van der Waals surface area contributed by atoms with E-state index in [1.807, 2.05) is 23.5 Å². The van der Waals surface area contributed by atoms with Crippen molar-refractivity contribution in [1.82, 2.24) is 0 Å². The number of hydrogen-bond donors (Lipinski definition) is 0. The van der Waals surface area contributed by atoms with Crippen LogP contribution in [-0.4, -0.2) is 11.5 Å². The minimum atomic E-state index is 1.14. The molecule has 0 aliphatic carbocycles. The first-order valence-corrected chi connectivity index (χ1v) is 29.6. The third kappa shape index (κ3) is 10.0. The summed E-state index contributed by atoms with van der Waals surface area (Å²) in [6.07, 6.45) is 15.8. The number of thioether (sulfide) groups is 2. The van der Waals surface area contributed by atoms with Crippen LogP contribution in [0.4, 0.5) is 0 Å². The molecule has 0 fully saturated rings. The molecule has 0 N–H and O–H groups in total. The van der Waals surface area contributed by atoms with E-state index in [1.54, 1.807) is 0 Å². The van der Waals surface area contributed by atoms with Gasteiger partial charge in [-0.2, -0.15) is 0 Å². The highest BCUT2D eigenvalue weighted by Crippen LogP contribution is 2.50. The normalized spacial score (nSPS) is 12.0. The highest BCUT2D eigenvalue weighted by atomic mass is 32.2. The second-order valence-electron chi connectivity index (χ2n) is 19.2. The zero-order valence-electron chi connectivity index (χ0n) is 40.7. The molecule has 0 bridgehead atoms. The van der Waals surface area contributed by atoms with Gasteiger partial charge >= 0.3 is 0 Å². The summed E-state index contributed by atoms with van der Waals surface area (Å²) in [6.45, 7) is 4.61. The van der Waals surface area contributed by atoms with Gasteiger partial charge in [0.05, 0.1) is 0 Å². The van der Waals surface area contributed by atoms with Crippen molar-refractivity contribution in [3.8, 4) is 0 Å². The van der Waals surface area contributed by atoms with Crippen molar-refractivity contribution < 1.29 is 0 Å². The lowest BCUT2D eigenvalue weighted by atomic mass is 9.97. The van der Waals surface area contributed by atoms with E-state index < -0.39 is 0 Å². The summed E-state index contributed by atoms with van der Waals surface area (Å²) >= 11 is 8.01. The molecule has 0 aromatic heterocycles. The predicted octanol–water partition coefficient (Wildman–Crippen LogP) is 22.1. The fourth-order valence-electron chi connectivity index (χ4n) is 10.5. The highest BCUT2D eigenvalue weighted by Gasteiger charge is 2.20. The Bertz CT molecular complexity index is 3210. The summed E-state index contributed by atoms with van der Waals surface area (Å²) in [5.41, 5.74) is 0. The maximum atomic E-state index is 2.48. The minimum Gasteiger partial charge on any atom is -0.125 e. The van der Waals surface area contributed by atoms with Crippen LogP contribution < -0.4 is 0 Å². The molecular weight excluding hydrogens is 921 g/mol. The van der Waals surface area contributed by atoms with Crippen LogP contribution in [0.5, 0.6) is 0 Å². The van der Waals surface area contributed by atoms with Crippen molar-refractivity contribution in [2.75, 3.05) is 11.5 Å². The van der Waals surface area contributed by atoms with E-state index in [4.69, 9.17) is 0 Å². The maximum absolute atomic E-state index is 2.48. The zero-order valence-corrected chi connectivity index (χ0v) is 44.0. The molecule has 11 aromatic carbocycles. The second-order valence-corrected chi connectivity index (χ2v) is 23.6. The molecule has 70 heavy (non-hydrogen) atoms. The van der Waals surface area contributed by atoms with Crippen molar-refractivity contribution in [1.29, 1.82) is 0 Å². The summed E-state index contributed by atoms with van der Waals surface area (Å²) in [7, 11) is 0. The number of unbranched alkanes of at least 4 members (excludes halogenated alkanes) is 10. The summed E-state index contributed by atoms with van der Waals surface area (Å²) in [6, 6.07) is 65.0. The van der Waals surface area contributed by atoms with Crippen LogP contribution in [0.3, 0.4) is 0 Å². The number of benzene rings is 11. The van der Waals surface area contributed by atoms with Crippen LogP contribution in [0.2, 0.25) is 0 Å². The summed E-state index contributed by atoms with van der Waals surface area (Å²) in [5, 5.41) is 21.3. The first-order valence-electron chi connectivity index (χ1n) is 26.0. The molecule has 0 saturated carbocycles. The Morgan fingerprint density at radius 3 is 0.743 bits per heavy atom. The first-order chi connectivity index (χ1) is 34.6. The number of rotatable bonds is 20. The van der Waals surface area contributed by atoms with Crippen LogP contribution >= 0.6 is 47.0 Å². The largest absolute Gasteiger partial charge is 0.125 e. The average molecular weight is 983 g/mol. The zero-order chi connectivity index (χ0) is 47.2. The molecule has 11 aromatic rings. The van der Waals surface area contributed by atoms with Gasteiger partial charge in [0, 0.05) is 29.4 Å². The van der Waals surface area contributed by atoms with Crippen molar-refractivity contribution in [3.63, 3.8) is 0 Å². The molecule has 0 heterocycles. The summed E-state index contributed by atoms with van der Waals surface area (Å²) in [4.78, 5) is 8.06. The van der Waals surface area contributed by atoms with Crippen molar-refractivity contribution in [2.45, 2.75) is 120 Å². The van der Waals surface area contributed by atoms with Gasteiger partial charge in [-0.3, -0.25) is 0 Å². The minimum absolute atomic E-state index is 1.14. The molecule has 0 amide bonds. The molecule has 0 saturated heterocycles. The molecule has 0 atom stereocenters. The molecule has 0 aliphatic rings. The molecule has 350 valence electrons. The summed E-state index contributed by atoms with van der Waals surface area (Å²) < 4.78 is 0. The highest BCUT2D eigenvalue weighted by molar-refractivity contribution is 8.01. The Hall–Kier alpha value is -5.10. The van der Waals surface area contributed by atoms with Gasteiger partial charge < -0.3 is 0 Å². The quantitative estimate of drug-likeness (QED) is 0.0424. The lowest BCUT2D eigenvalue weighted by molar-refractivity contribution is 0.627. The van der Waals surface area contributed by atoms with E-state index in [0.717, 1.165) is 11.5 Å². The standard InChI is InChI=1S/C66H62S4/c1-3-5-7-9-11-21-35-67-63-55-37-45-23-13-17-27-49(45)41-59(55)65(60-42-50-28-18-14-24-46(50)38-56(60)63)69-53-31-33-54(34-32-53)70-66-61-43-51-29-19-15-25-47(51)39-57(61)64(68-36-22-12-10-8-6-4-2)58-40-48-26-16-20-30-52(48)44-62(58)66/h13-20,23-34,37-44H,3-12,21-22,35-36H2,1-2H3. The molecule has 11 rings (SSSR count). The predicted molar refractivity (Wildman–Crippen MR) is 316 cm³/mol. The van der Waals surface area contributed by atoms with Crippen LogP contribution in [0.1, 0.15) is 90.9 Å². The van der Waals surface area contributed by atoms with Gasteiger partial charge in [0.1, 0.15) is 0 Å². The van der Waals surface area contributed by atoms with E-state index in [1.165, 1.54) is 193 Å². The lowest BCUT2D eigenvalue weighted by Crippen LogP contribution is -1.91. The molecule has 0 nitrogen and oxygen atoms in total. The van der Waals surface area contributed by atoms with Crippen LogP contribution in [0.15, 0.2) is 199 Å². The first kappa shape index (κ1) is 47.2. The fraction of sp³-hybridized carbons (Fsp3) is 0.242. The molecular formula is C66H62S4. The molecule has 4 heteroatoms. The van der Waals surface area contributed by atoms with E-state index in [0.29, 0.717) is 0 Å². The smallest absolute Gasteiger partial charge is 0.0280 e. The van der Waals surface area contributed by atoms with E-state index in [2.05, 4.69) is 207 Å². The average Bonchev–Trinajstić information content (AvgIpc) is 3.40. The van der Waals surface area contributed by atoms with Gasteiger partial charge in [0.15, 0.2) is 0 Å². The lowest BCUT2D eigenvalue weighted by Gasteiger charge is -2.19. The van der Waals surface area contributed by atoms with E-state index in [9.17, 15) is 0 Å². The third-order valence-electron chi connectivity index (χ3n) is 14.3. The van der Waals surface area contributed by atoms with Crippen LogP contribution in [0.25, 0.3) is 86.2 Å².